The quantitative estimate of drug-likeness (QED) is 0.638. The lowest BCUT2D eigenvalue weighted by Crippen LogP contribution is -2.29. The highest BCUT2D eigenvalue weighted by atomic mass is 16.2. The van der Waals surface area contributed by atoms with Crippen molar-refractivity contribution in [2.24, 2.45) is 0 Å². The topological polar surface area (TPSA) is 88.1 Å². The smallest absolute Gasteiger partial charge is 0.274 e. The van der Waals surface area contributed by atoms with E-state index in [0.717, 1.165) is 17.7 Å². The summed E-state index contributed by atoms with van der Waals surface area (Å²) in [6.07, 6.45) is 4.22. The van der Waals surface area contributed by atoms with Gasteiger partial charge in [0.05, 0.1) is 0 Å². The Bertz CT molecular complexity index is 941. The van der Waals surface area contributed by atoms with Crippen molar-refractivity contribution in [3.8, 4) is 0 Å². The zero-order valence-electron chi connectivity index (χ0n) is 15.8. The number of nitrogens with zero attached hydrogens (tertiary/aromatic N) is 4. The van der Waals surface area contributed by atoms with Crippen LogP contribution in [0.25, 0.3) is 0 Å². The van der Waals surface area contributed by atoms with Crippen LogP contribution in [0.4, 0.5) is 11.5 Å². The van der Waals surface area contributed by atoms with Crippen molar-refractivity contribution in [2.45, 2.75) is 13.3 Å². The first kappa shape index (κ1) is 19.2. The first-order valence-corrected chi connectivity index (χ1v) is 8.89. The first-order chi connectivity index (χ1) is 13.5. The molecule has 0 aliphatic heterocycles. The predicted octanol–water partition coefficient (Wildman–Crippen LogP) is 3.13. The zero-order valence-corrected chi connectivity index (χ0v) is 15.8. The lowest BCUT2D eigenvalue weighted by atomic mass is 10.1. The monoisotopic (exact) mass is 375 g/mol. The van der Waals surface area contributed by atoms with Crippen molar-refractivity contribution >= 4 is 23.2 Å². The van der Waals surface area contributed by atoms with Gasteiger partial charge in [0.1, 0.15) is 0 Å². The number of pyridine rings is 1. The van der Waals surface area contributed by atoms with Gasteiger partial charge in [0.15, 0.2) is 17.3 Å². The maximum atomic E-state index is 12.5. The van der Waals surface area contributed by atoms with E-state index in [1.54, 1.807) is 60.7 Å². The van der Waals surface area contributed by atoms with Crippen LogP contribution in [0.5, 0.6) is 0 Å². The van der Waals surface area contributed by atoms with E-state index in [4.69, 9.17) is 0 Å². The second-order valence-electron chi connectivity index (χ2n) is 6.39. The molecule has 2 aromatic heterocycles. The lowest BCUT2D eigenvalue weighted by Gasteiger charge is -2.16. The van der Waals surface area contributed by atoms with Gasteiger partial charge in [-0.25, -0.2) is 0 Å². The van der Waals surface area contributed by atoms with Crippen LogP contribution in [0.1, 0.15) is 33.3 Å². The molecular formula is C21H21N5O2. The molecule has 142 valence electrons. The van der Waals surface area contributed by atoms with Gasteiger partial charge in [0, 0.05) is 37.2 Å². The number of amides is 1. The Kier molecular flexibility index (Phi) is 6.06. The molecule has 0 unspecified atom stereocenters. The molecule has 2 heterocycles. The SMILES string of the molecule is CC(=O)c1ccc(Nc2ccc(C(=O)N(C)CCc3ccncc3)nn2)cc1. The molecule has 0 spiro atoms. The van der Waals surface area contributed by atoms with Crippen molar-refractivity contribution in [1.82, 2.24) is 20.1 Å². The van der Waals surface area contributed by atoms with Crippen LogP contribution < -0.4 is 5.32 Å². The van der Waals surface area contributed by atoms with Gasteiger partial charge in [0.2, 0.25) is 0 Å². The molecular weight excluding hydrogens is 354 g/mol. The van der Waals surface area contributed by atoms with Gasteiger partial charge in [0.25, 0.3) is 5.91 Å². The van der Waals surface area contributed by atoms with E-state index in [-0.39, 0.29) is 17.4 Å². The molecule has 3 rings (SSSR count). The second-order valence-corrected chi connectivity index (χ2v) is 6.39. The number of carbonyl (C=O) groups is 2. The van der Waals surface area contributed by atoms with E-state index < -0.39 is 0 Å². The fourth-order valence-corrected chi connectivity index (χ4v) is 2.59. The standard InChI is InChI=1S/C21H21N5O2/c1-15(27)17-3-5-18(6-4-17)23-20-8-7-19(24-25-20)21(28)26(2)14-11-16-9-12-22-13-10-16/h3-10,12-13H,11,14H2,1-2H3,(H,23,25). The average molecular weight is 375 g/mol. The van der Waals surface area contributed by atoms with Crippen LogP contribution in [0, 0.1) is 0 Å². The molecule has 28 heavy (non-hydrogen) atoms. The average Bonchev–Trinajstić information content (AvgIpc) is 2.73. The molecule has 0 atom stereocenters. The molecule has 0 fully saturated rings. The Morgan fingerprint density at radius 3 is 2.29 bits per heavy atom. The molecule has 3 aromatic rings. The molecule has 0 aliphatic carbocycles. The highest BCUT2D eigenvalue weighted by Gasteiger charge is 2.14. The van der Waals surface area contributed by atoms with Gasteiger partial charge in [-0.2, -0.15) is 0 Å². The molecule has 1 aromatic carbocycles. The summed E-state index contributed by atoms with van der Waals surface area (Å²) in [6.45, 7) is 2.10. The Labute approximate surface area is 163 Å². The fourth-order valence-electron chi connectivity index (χ4n) is 2.59. The molecule has 0 saturated heterocycles. The predicted molar refractivity (Wildman–Crippen MR) is 107 cm³/mol. The van der Waals surface area contributed by atoms with Crippen molar-refractivity contribution in [3.05, 3.63) is 77.7 Å². The molecule has 0 radical (unpaired) electrons. The van der Waals surface area contributed by atoms with Gasteiger partial charge in [-0.1, -0.05) is 0 Å². The van der Waals surface area contributed by atoms with Gasteiger partial charge in [-0.3, -0.25) is 14.6 Å². The summed E-state index contributed by atoms with van der Waals surface area (Å²) >= 11 is 0. The van der Waals surface area contributed by atoms with Crippen LogP contribution in [0.3, 0.4) is 0 Å². The molecule has 0 bridgehead atoms. The first-order valence-electron chi connectivity index (χ1n) is 8.89. The van der Waals surface area contributed by atoms with E-state index in [1.165, 1.54) is 6.92 Å². The molecule has 1 amide bonds. The van der Waals surface area contributed by atoms with Gasteiger partial charge in [-0.15, -0.1) is 10.2 Å². The van der Waals surface area contributed by atoms with E-state index in [2.05, 4.69) is 20.5 Å². The largest absolute Gasteiger partial charge is 0.340 e. The number of benzene rings is 1. The number of carbonyl (C=O) groups excluding carboxylic acids is 2. The number of aromatic nitrogens is 3. The van der Waals surface area contributed by atoms with Crippen molar-refractivity contribution < 1.29 is 9.59 Å². The van der Waals surface area contributed by atoms with Crippen molar-refractivity contribution in [2.75, 3.05) is 18.9 Å². The third-order valence-corrected chi connectivity index (χ3v) is 4.28. The van der Waals surface area contributed by atoms with Crippen LogP contribution in [0.15, 0.2) is 60.9 Å². The lowest BCUT2D eigenvalue weighted by molar-refractivity contribution is 0.0789. The Morgan fingerprint density at radius 1 is 0.964 bits per heavy atom. The molecule has 7 heteroatoms. The third kappa shape index (κ3) is 4.97. The van der Waals surface area contributed by atoms with Gasteiger partial charge in [-0.05, 0) is 67.4 Å². The number of hydrogen-bond acceptors (Lipinski definition) is 6. The second kappa shape index (κ2) is 8.85. The van der Waals surface area contributed by atoms with E-state index in [0.29, 0.717) is 17.9 Å². The van der Waals surface area contributed by atoms with Crippen LogP contribution in [0.2, 0.25) is 0 Å². The van der Waals surface area contributed by atoms with E-state index in [9.17, 15) is 9.59 Å². The Hall–Kier alpha value is -3.61. The number of Topliss-reactive ketones (excluding diaryl/α,β-unsaturated/α-hetero) is 1. The van der Waals surface area contributed by atoms with Crippen LogP contribution in [-0.4, -0.2) is 45.4 Å². The van der Waals surface area contributed by atoms with Crippen molar-refractivity contribution in [1.29, 1.82) is 0 Å². The summed E-state index contributed by atoms with van der Waals surface area (Å²) in [6, 6.07) is 14.3. The summed E-state index contributed by atoms with van der Waals surface area (Å²) in [5, 5.41) is 11.2. The number of likely N-dealkylation sites (N-methyl/N-ethyl adjacent to an activating group) is 1. The Balaban J connectivity index is 1.58. The number of hydrogen-bond donors (Lipinski definition) is 1. The molecule has 0 saturated carbocycles. The molecule has 0 aliphatic rings. The zero-order chi connectivity index (χ0) is 19.9. The summed E-state index contributed by atoms with van der Waals surface area (Å²) < 4.78 is 0. The maximum Gasteiger partial charge on any atom is 0.274 e. The van der Waals surface area contributed by atoms with Gasteiger partial charge >= 0.3 is 0 Å². The van der Waals surface area contributed by atoms with Crippen LogP contribution in [-0.2, 0) is 6.42 Å². The number of nitrogens with one attached hydrogen (secondary N) is 1. The number of rotatable bonds is 7. The fraction of sp³-hybridized carbons (Fsp3) is 0.190. The van der Waals surface area contributed by atoms with E-state index >= 15 is 0 Å². The summed E-state index contributed by atoms with van der Waals surface area (Å²) in [5.74, 6) is 0.354. The minimum atomic E-state index is -0.182. The summed E-state index contributed by atoms with van der Waals surface area (Å²) in [4.78, 5) is 29.4. The highest BCUT2D eigenvalue weighted by molar-refractivity contribution is 5.94. The highest BCUT2D eigenvalue weighted by Crippen LogP contribution is 2.15. The minimum absolute atomic E-state index is 0.0160. The Morgan fingerprint density at radius 2 is 1.68 bits per heavy atom. The van der Waals surface area contributed by atoms with E-state index in [1.807, 2.05) is 12.1 Å². The molecule has 7 nitrogen and oxygen atoms in total. The summed E-state index contributed by atoms with van der Waals surface area (Å²) in [7, 11) is 1.74. The number of anilines is 2. The van der Waals surface area contributed by atoms with Crippen molar-refractivity contribution in [3.63, 3.8) is 0 Å². The van der Waals surface area contributed by atoms with Crippen LogP contribution >= 0.6 is 0 Å². The summed E-state index contributed by atoms with van der Waals surface area (Å²) in [5.41, 5.74) is 2.84. The molecule has 1 N–H and O–H groups in total. The normalized spacial score (nSPS) is 10.4. The third-order valence-electron chi connectivity index (χ3n) is 4.28. The maximum absolute atomic E-state index is 12.5. The van der Waals surface area contributed by atoms with Gasteiger partial charge < -0.3 is 10.2 Å². The minimum Gasteiger partial charge on any atom is -0.340 e. The number of ketones is 1.